The van der Waals surface area contributed by atoms with Crippen LogP contribution in [0.25, 0.3) is 16.9 Å². The van der Waals surface area contributed by atoms with E-state index in [0.29, 0.717) is 21.7 Å². The predicted molar refractivity (Wildman–Crippen MR) is 77.5 cm³/mol. The standard InChI is InChI=1S/C14H9ClF2N2S/c15-10-5-6-19-8-12(18-13(19)7-10)9-1-3-11(4-2-9)20-14(16)17/h1-8,14H. The molecular weight excluding hydrogens is 302 g/mol. The number of thioether (sulfide) groups is 1. The quantitative estimate of drug-likeness (QED) is 0.635. The summed E-state index contributed by atoms with van der Waals surface area (Å²) in [6.07, 6.45) is 3.70. The highest BCUT2D eigenvalue weighted by atomic mass is 35.5. The van der Waals surface area contributed by atoms with Crippen LogP contribution in [-0.2, 0) is 0 Å². The maximum atomic E-state index is 12.3. The largest absolute Gasteiger partial charge is 0.306 e. The number of pyridine rings is 1. The van der Waals surface area contributed by atoms with Crippen LogP contribution in [0, 0.1) is 0 Å². The third-order valence-electron chi connectivity index (χ3n) is 2.80. The van der Waals surface area contributed by atoms with Crippen LogP contribution in [0.2, 0.25) is 5.02 Å². The van der Waals surface area contributed by atoms with Gasteiger partial charge in [0.25, 0.3) is 5.76 Å². The summed E-state index contributed by atoms with van der Waals surface area (Å²) in [5, 5.41) is 0.623. The molecule has 1 aromatic carbocycles. The van der Waals surface area contributed by atoms with Crippen LogP contribution in [-0.4, -0.2) is 15.1 Å². The van der Waals surface area contributed by atoms with Crippen molar-refractivity contribution < 1.29 is 8.78 Å². The van der Waals surface area contributed by atoms with Gasteiger partial charge < -0.3 is 4.40 Å². The first kappa shape index (κ1) is 13.4. The van der Waals surface area contributed by atoms with Crippen LogP contribution in [0.3, 0.4) is 0 Å². The maximum Gasteiger partial charge on any atom is 0.288 e. The van der Waals surface area contributed by atoms with Crippen molar-refractivity contribution in [3.8, 4) is 11.3 Å². The van der Waals surface area contributed by atoms with Crippen molar-refractivity contribution in [3.05, 3.63) is 53.8 Å². The lowest BCUT2D eigenvalue weighted by molar-refractivity contribution is 0.252. The Morgan fingerprint density at radius 3 is 2.60 bits per heavy atom. The van der Waals surface area contributed by atoms with E-state index in [2.05, 4.69) is 4.98 Å². The zero-order valence-corrected chi connectivity index (χ0v) is 11.7. The van der Waals surface area contributed by atoms with Gasteiger partial charge in [0.1, 0.15) is 5.65 Å². The lowest BCUT2D eigenvalue weighted by atomic mass is 10.2. The second kappa shape index (κ2) is 5.42. The van der Waals surface area contributed by atoms with Crippen molar-refractivity contribution in [2.75, 3.05) is 0 Å². The van der Waals surface area contributed by atoms with Crippen molar-refractivity contribution in [1.29, 1.82) is 0 Å². The van der Waals surface area contributed by atoms with Gasteiger partial charge in [-0.25, -0.2) is 4.98 Å². The van der Waals surface area contributed by atoms with Gasteiger partial charge in [-0.1, -0.05) is 35.5 Å². The number of rotatable bonds is 3. The molecule has 2 nitrogen and oxygen atoms in total. The Hall–Kier alpha value is -1.59. The fourth-order valence-corrected chi connectivity index (χ4v) is 2.56. The first-order chi connectivity index (χ1) is 9.61. The van der Waals surface area contributed by atoms with Crippen LogP contribution in [0.15, 0.2) is 53.7 Å². The average Bonchev–Trinajstić information content (AvgIpc) is 2.81. The van der Waals surface area contributed by atoms with E-state index in [1.165, 1.54) is 0 Å². The van der Waals surface area contributed by atoms with Gasteiger partial charge >= 0.3 is 0 Å². The summed E-state index contributed by atoms with van der Waals surface area (Å²) in [6.45, 7) is 0. The van der Waals surface area contributed by atoms with Crippen molar-refractivity contribution in [2.24, 2.45) is 0 Å². The highest BCUT2D eigenvalue weighted by molar-refractivity contribution is 7.99. The third kappa shape index (κ3) is 2.78. The Morgan fingerprint density at radius 2 is 1.90 bits per heavy atom. The van der Waals surface area contributed by atoms with Crippen LogP contribution in [0.5, 0.6) is 0 Å². The minimum atomic E-state index is -2.40. The summed E-state index contributed by atoms with van der Waals surface area (Å²) in [5.41, 5.74) is 2.41. The molecule has 0 unspecified atom stereocenters. The van der Waals surface area contributed by atoms with E-state index in [9.17, 15) is 8.78 Å². The molecular formula is C14H9ClF2N2S. The molecule has 0 saturated carbocycles. The second-order valence-corrected chi connectivity index (χ2v) is 5.64. The number of imidazole rings is 1. The molecule has 0 N–H and O–H groups in total. The molecule has 0 aliphatic rings. The minimum Gasteiger partial charge on any atom is -0.306 e. The maximum absolute atomic E-state index is 12.3. The summed E-state index contributed by atoms with van der Waals surface area (Å²) >= 11 is 6.45. The molecule has 0 atom stereocenters. The summed E-state index contributed by atoms with van der Waals surface area (Å²) in [4.78, 5) is 5.00. The number of alkyl halides is 2. The van der Waals surface area contributed by atoms with Crippen LogP contribution in [0.1, 0.15) is 0 Å². The number of halogens is 3. The van der Waals surface area contributed by atoms with Crippen LogP contribution >= 0.6 is 23.4 Å². The van der Waals surface area contributed by atoms with Gasteiger partial charge in [-0.2, -0.15) is 8.78 Å². The molecule has 6 heteroatoms. The topological polar surface area (TPSA) is 17.3 Å². The van der Waals surface area contributed by atoms with E-state index < -0.39 is 5.76 Å². The van der Waals surface area contributed by atoms with Gasteiger partial charge in [0.2, 0.25) is 0 Å². The Balaban J connectivity index is 1.94. The Morgan fingerprint density at radius 1 is 1.15 bits per heavy atom. The molecule has 0 aliphatic heterocycles. The summed E-state index contributed by atoms with van der Waals surface area (Å²) in [5.74, 6) is -2.40. The molecule has 3 rings (SSSR count). The van der Waals surface area contributed by atoms with E-state index >= 15 is 0 Å². The number of hydrogen-bond acceptors (Lipinski definition) is 2. The molecule has 0 bridgehead atoms. The number of hydrogen-bond donors (Lipinski definition) is 0. The minimum absolute atomic E-state index is 0.533. The normalized spacial score (nSPS) is 11.4. The number of nitrogens with zero attached hydrogens (tertiary/aromatic N) is 2. The molecule has 0 radical (unpaired) electrons. The first-order valence-corrected chi connectivity index (χ1v) is 7.07. The number of benzene rings is 1. The van der Waals surface area contributed by atoms with Crippen molar-refractivity contribution >= 4 is 29.0 Å². The molecule has 0 fully saturated rings. The van der Waals surface area contributed by atoms with Gasteiger partial charge in [0, 0.05) is 33.9 Å². The lowest BCUT2D eigenvalue weighted by Gasteiger charge is -2.01. The van der Waals surface area contributed by atoms with Crippen molar-refractivity contribution in [3.63, 3.8) is 0 Å². The van der Waals surface area contributed by atoms with Gasteiger partial charge in [-0.05, 0) is 18.2 Å². The monoisotopic (exact) mass is 310 g/mol. The van der Waals surface area contributed by atoms with Gasteiger partial charge in [-0.15, -0.1) is 0 Å². The summed E-state index contributed by atoms with van der Waals surface area (Å²) in [6, 6.07) is 10.5. The molecule has 0 amide bonds. The summed E-state index contributed by atoms with van der Waals surface area (Å²) in [7, 11) is 0. The van der Waals surface area contributed by atoms with Gasteiger partial charge in [-0.3, -0.25) is 0 Å². The first-order valence-electron chi connectivity index (χ1n) is 5.81. The zero-order chi connectivity index (χ0) is 14.1. The highest BCUT2D eigenvalue weighted by Gasteiger charge is 2.07. The number of fused-ring (bicyclic) bond motifs is 1. The van der Waals surface area contributed by atoms with Crippen molar-refractivity contribution in [2.45, 2.75) is 10.7 Å². The molecule has 0 spiro atoms. The fraction of sp³-hybridized carbons (Fsp3) is 0.0714. The average molecular weight is 311 g/mol. The number of aromatic nitrogens is 2. The molecule has 102 valence electrons. The smallest absolute Gasteiger partial charge is 0.288 e. The third-order valence-corrected chi connectivity index (χ3v) is 3.76. The van der Waals surface area contributed by atoms with E-state index in [4.69, 9.17) is 11.6 Å². The molecule has 2 aromatic heterocycles. The molecule has 0 aliphatic carbocycles. The summed E-state index contributed by atoms with van der Waals surface area (Å²) < 4.78 is 26.4. The predicted octanol–water partition coefficient (Wildman–Crippen LogP) is 4.97. The molecule has 3 aromatic rings. The van der Waals surface area contributed by atoms with Gasteiger partial charge in [0.05, 0.1) is 5.69 Å². The SMILES string of the molecule is FC(F)Sc1ccc(-c2cn3ccc(Cl)cc3n2)cc1. The molecule has 0 saturated heterocycles. The molecule has 20 heavy (non-hydrogen) atoms. The van der Waals surface area contributed by atoms with E-state index in [1.807, 2.05) is 16.8 Å². The fourth-order valence-electron chi connectivity index (χ4n) is 1.90. The van der Waals surface area contributed by atoms with E-state index in [1.54, 1.807) is 36.4 Å². The second-order valence-electron chi connectivity index (χ2n) is 4.14. The zero-order valence-electron chi connectivity index (χ0n) is 10.1. The molecule has 2 heterocycles. The Bertz CT molecular complexity index is 741. The highest BCUT2D eigenvalue weighted by Crippen LogP contribution is 2.28. The van der Waals surface area contributed by atoms with E-state index in [0.717, 1.165) is 16.9 Å². The van der Waals surface area contributed by atoms with E-state index in [-0.39, 0.29) is 0 Å². The van der Waals surface area contributed by atoms with Crippen molar-refractivity contribution in [1.82, 2.24) is 9.38 Å². The Labute approximate surface area is 123 Å². The van der Waals surface area contributed by atoms with Gasteiger partial charge in [0.15, 0.2) is 0 Å². The van der Waals surface area contributed by atoms with Crippen LogP contribution < -0.4 is 0 Å². The lowest BCUT2D eigenvalue weighted by Crippen LogP contribution is -1.82. The Kier molecular flexibility index (Phi) is 3.63. The van der Waals surface area contributed by atoms with Crippen LogP contribution in [0.4, 0.5) is 8.78 Å².